The van der Waals surface area contributed by atoms with Gasteiger partial charge in [0.2, 0.25) is 0 Å². The third kappa shape index (κ3) is 2.89. The highest BCUT2D eigenvalue weighted by atomic mass is 79.9. The maximum Gasteiger partial charge on any atom is 0.0950 e. The minimum absolute atomic E-state index is 0.759. The van der Waals surface area contributed by atoms with E-state index in [1.165, 1.54) is 4.88 Å². The third-order valence-corrected chi connectivity index (χ3v) is 3.29. The van der Waals surface area contributed by atoms with Crippen LogP contribution in [0, 0.1) is 0 Å². The fourth-order valence-electron chi connectivity index (χ4n) is 0.715. The fraction of sp³-hybridized carbons (Fsp3) is 0.571. The Hall–Kier alpha value is 0.0700. The van der Waals surface area contributed by atoms with Crippen LogP contribution < -0.4 is 0 Å². The summed E-state index contributed by atoms with van der Waals surface area (Å²) in [5, 5.41) is 2.05. The van der Waals surface area contributed by atoms with Crippen molar-refractivity contribution in [2.45, 2.75) is 11.8 Å². The first-order valence-electron chi connectivity index (χ1n) is 3.35. The van der Waals surface area contributed by atoms with Gasteiger partial charge in [-0.2, -0.15) is 0 Å². The van der Waals surface area contributed by atoms with Crippen LogP contribution in [0.25, 0.3) is 0 Å². The molecule has 0 N–H and O–H groups in total. The molecule has 0 spiro atoms. The highest BCUT2D eigenvalue weighted by molar-refractivity contribution is 9.08. The molecule has 1 aromatic heterocycles. The van der Waals surface area contributed by atoms with Crippen LogP contribution in [0.4, 0.5) is 0 Å². The van der Waals surface area contributed by atoms with Gasteiger partial charge in [-0.15, -0.1) is 11.3 Å². The number of rotatable bonds is 4. The lowest BCUT2D eigenvalue weighted by Crippen LogP contribution is -1.92. The molecule has 0 amide bonds. The molecule has 0 radical (unpaired) electrons. The van der Waals surface area contributed by atoms with Crippen molar-refractivity contribution >= 4 is 27.3 Å². The summed E-state index contributed by atoms with van der Waals surface area (Å²) in [5.41, 5.74) is 0. The first-order chi connectivity index (χ1) is 5.36. The van der Waals surface area contributed by atoms with Gasteiger partial charge in [-0.1, -0.05) is 15.9 Å². The Bertz CT molecular complexity index is 214. The third-order valence-electron chi connectivity index (χ3n) is 1.25. The number of hydrogen-bond donors (Lipinski definition) is 0. The van der Waals surface area contributed by atoms with Crippen LogP contribution in [0.2, 0.25) is 0 Å². The number of alkyl halides is 1. The quantitative estimate of drug-likeness (QED) is 0.748. The molecule has 0 aliphatic heterocycles. The standard InChI is InChI=1S/C7H10BrNOS/c1-10-3-2-7-9-5-6(4-8)11-7/h5H,2-4H2,1H3. The van der Waals surface area contributed by atoms with Crippen molar-refractivity contribution in [3.05, 3.63) is 16.1 Å². The number of halogens is 1. The smallest absolute Gasteiger partial charge is 0.0950 e. The summed E-state index contributed by atoms with van der Waals surface area (Å²) in [6.07, 6.45) is 2.83. The van der Waals surface area contributed by atoms with Gasteiger partial charge in [0, 0.05) is 29.9 Å². The van der Waals surface area contributed by atoms with Gasteiger partial charge in [0.05, 0.1) is 11.6 Å². The molecule has 0 saturated heterocycles. The van der Waals surface area contributed by atoms with Gasteiger partial charge in [-0.3, -0.25) is 0 Å². The van der Waals surface area contributed by atoms with Crippen molar-refractivity contribution in [2.75, 3.05) is 13.7 Å². The minimum atomic E-state index is 0.759. The van der Waals surface area contributed by atoms with Crippen LogP contribution in [0.1, 0.15) is 9.88 Å². The van der Waals surface area contributed by atoms with Crippen LogP contribution in [-0.2, 0) is 16.5 Å². The number of thiazole rings is 1. The van der Waals surface area contributed by atoms with Gasteiger partial charge in [0.25, 0.3) is 0 Å². The molecule has 0 atom stereocenters. The van der Waals surface area contributed by atoms with Crippen LogP contribution >= 0.6 is 27.3 Å². The zero-order chi connectivity index (χ0) is 8.10. The molecule has 0 unspecified atom stereocenters. The predicted molar refractivity (Wildman–Crippen MR) is 50.3 cm³/mol. The van der Waals surface area contributed by atoms with E-state index < -0.39 is 0 Å². The fourth-order valence-corrected chi connectivity index (χ4v) is 1.96. The van der Waals surface area contributed by atoms with Crippen molar-refractivity contribution in [2.24, 2.45) is 0 Å². The first-order valence-corrected chi connectivity index (χ1v) is 5.29. The second-order valence-electron chi connectivity index (χ2n) is 2.10. The molecule has 1 aromatic rings. The number of methoxy groups -OCH3 is 1. The molecule has 0 aromatic carbocycles. The van der Waals surface area contributed by atoms with Crippen molar-refractivity contribution in [1.29, 1.82) is 0 Å². The Balaban J connectivity index is 2.44. The predicted octanol–water partition coefficient (Wildman–Crippen LogP) is 2.23. The molecular formula is C7H10BrNOS. The van der Waals surface area contributed by atoms with Gasteiger partial charge in [0.15, 0.2) is 0 Å². The molecule has 1 rings (SSSR count). The van der Waals surface area contributed by atoms with Gasteiger partial charge in [-0.05, 0) is 0 Å². The highest BCUT2D eigenvalue weighted by Gasteiger charge is 1.99. The molecule has 2 nitrogen and oxygen atoms in total. The van der Waals surface area contributed by atoms with E-state index in [9.17, 15) is 0 Å². The lowest BCUT2D eigenvalue weighted by molar-refractivity contribution is 0.202. The molecule has 0 saturated carbocycles. The van der Waals surface area contributed by atoms with E-state index >= 15 is 0 Å². The van der Waals surface area contributed by atoms with Crippen molar-refractivity contribution in [1.82, 2.24) is 4.98 Å². The average molecular weight is 236 g/mol. The largest absolute Gasteiger partial charge is 0.384 e. The Morgan fingerprint density at radius 3 is 3.09 bits per heavy atom. The van der Waals surface area contributed by atoms with Crippen molar-refractivity contribution < 1.29 is 4.74 Å². The van der Waals surface area contributed by atoms with E-state index in [1.54, 1.807) is 18.4 Å². The summed E-state index contributed by atoms with van der Waals surface area (Å²) >= 11 is 5.11. The summed E-state index contributed by atoms with van der Waals surface area (Å²) in [5.74, 6) is 0. The second-order valence-corrected chi connectivity index (χ2v) is 3.86. The maximum absolute atomic E-state index is 4.94. The number of nitrogens with zero attached hydrogens (tertiary/aromatic N) is 1. The molecule has 62 valence electrons. The van der Waals surface area contributed by atoms with Crippen molar-refractivity contribution in [3.8, 4) is 0 Å². The van der Waals surface area contributed by atoms with E-state index in [0.717, 1.165) is 23.4 Å². The summed E-state index contributed by atoms with van der Waals surface area (Å²) in [6, 6.07) is 0. The summed E-state index contributed by atoms with van der Waals surface area (Å²) in [4.78, 5) is 5.51. The van der Waals surface area contributed by atoms with E-state index in [1.807, 2.05) is 6.20 Å². The maximum atomic E-state index is 4.94. The molecule has 11 heavy (non-hydrogen) atoms. The van der Waals surface area contributed by atoms with Gasteiger partial charge in [-0.25, -0.2) is 4.98 Å². The van der Waals surface area contributed by atoms with Gasteiger partial charge in [0.1, 0.15) is 0 Å². The number of aromatic nitrogens is 1. The van der Waals surface area contributed by atoms with Crippen molar-refractivity contribution in [3.63, 3.8) is 0 Å². The van der Waals surface area contributed by atoms with Crippen LogP contribution in [0.5, 0.6) is 0 Å². The Labute approximate surface area is 78.7 Å². The van der Waals surface area contributed by atoms with Gasteiger partial charge >= 0.3 is 0 Å². The SMILES string of the molecule is COCCc1ncc(CBr)s1. The van der Waals surface area contributed by atoms with Crippen LogP contribution in [0.3, 0.4) is 0 Å². The lowest BCUT2D eigenvalue weighted by atomic mass is 10.5. The van der Waals surface area contributed by atoms with Gasteiger partial charge < -0.3 is 4.74 Å². The lowest BCUT2D eigenvalue weighted by Gasteiger charge is -1.92. The molecule has 0 fully saturated rings. The van der Waals surface area contributed by atoms with Crippen LogP contribution in [-0.4, -0.2) is 18.7 Å². The molecule has 4 heteroatoms. The summed E-state index contributed by atoms with van der Waals surface area (Å²) in [6.45, 7) is 0.759. The minimum Gasteiger partial charge on any atom is -0.384 e. The Morgan fingerprint density at radius 2 is 2.55 bits per heavy atom. The van der Waals surface area contributed by atoms with E-state index in [2.05, 4.69) is 20.9 Å². The number of hydrogen-bond acceptors (Lipinski definition) is 3. The highest BCUT2D eigenvalue weighted by Crippen LogP contribution is 2.15. The first kappa shape index (κ1) is 9.16. The van der Waals surface area contributed by atoms with E-state index in [0.29, 0.717) is 0 Å². The monoisotopic (exact) mass is 235 g/mol. The second kappa shape index (κ2) is 4.85. The molecule has 0 bridgehead atoms. The Kier molecular flexibility index (Phi) is 4.04. The Morgan fingerprint density at radius 1 is 1.73 bits per heavy atom. The summed E-state index contributed by atoms with van der Waals surface area (Å²) in [7, 11) is 1.71. The molecular weight excluding hydrogens is 226 g/mol. The molecule has 0 aliphatic carbocycles. The normalized spacial score (nSPS) is 10.4. The average Bonchev–Trinajstić information content (AvgIpc) is 2.48. The van der Waals surface area contributed by atoms with E-state index in [-0.39, 0.29) is 0 Å². The molecule has 0 aliphatic rings. The zero-order valence-electron chi connectivity index (χ0n) is 6.34. The van der Waals surface area contributed by atoms with Crippen LogP contribution in [0.15, 0.2) is 6.20 Å². The number of ether oxygens (including phenoxy) is 1. The molecule has 1 heterocycles. The van der Waals surface area contributed by atoms with E-state index in [4.69, 9.17) is 4.74 Å². The summed E-state index contributed by atoms with van der Waals surface area (Å²) < 4.78 is 4.94. The topological polar surface area (TPSA) is 22.1 Å². The zero-order valence-corrected chi connectivity index (χ0v) is 8.74.